The summed E-state index contributed by atoms with van der Waals surface area (Å²) in [5, 5.41) is 0. The Morgan fingerprint density at radius 1 is 1.15 bits per heavy atom. The first-order chi connectivity index (χ1) is 9.81. The Kier molecular flexibility index (Phi) is 4.58. The highest BCUT2D eigenvalue weighted by Gasteiger charge is 2.28. The lowest BCUT2D eigenvalue weighted by Crippen LogP contribution is -2.27. The van der Waals surface area contributed by atoms with Crippen molar-refractivity contribution in [3.8, 4) is 0 Å². The molecule has 1 aliphatic heterocycles. The van der Waals surface area contributed by atoms with Gasteiger partial charge < -0.3 is 10.5 Å². The number of anilines is 1. The molecule has 2 N–H and O–H groups in total. The fourth-order valence-electron chi connectivity index (χ4n) is 3.08. The smallest absolute Gasteiger partial charge is 0.0576 e. The predicted octanol–water partition coefficient (Wildman–Crippen LogP) is 3.19. The maximum Gasteiger partial charge on any atom is 0.0576 e. The summed E-state index contributed by atoms with van der Waals surface area (Å²) in [6.45, 7) is 3.24. The first-order valence-corrected chi connectivity index (χ1v) is 8.01. The zero-order chi connectivity index (χ0) is 13.8. The van der Waals surface area contributed by atoms with Crippen LogP contribution in [0.1, 0.15) is 44.1 Å². The second-order valence-electron chi connectivity index (χ2n) is 6.22. The van der Waals surface area contributed by atoms with E-state index in [1.54, 1.807) is 0 Å². The van der Waals surface area contributed by atoms with Crippen LogP contribution in [-0.2, 0) is 11.3 Å². The molecule has 3 heteroatoms. The normalized spacial score (nSPS) is 22.6. The van der Waals surface area contributed by atoms with Crippen molar-refractivity contribution < 1.29 is 4.74 Å². The molecule has 1 unspecified atom stereocenters. The molecule has 0 amide bonds. The van der Waals surface area contributed by atoms with E-state index in [0.29, 0.717) is 6.10 Å². The number of hydrogen-bond donors (Lipinski definition) is 1. The molecular weight excluding hydrogens is 248 g/mol. The molecule has 0 aromatic heterocycles. The molecule has 1 saturated heterocycles. The lowest BCUT2D eigenvalue weighted by Gasteiger charge is -2.22. The topological polar surface area (TPSA) is 38.5 Å². The largest absolute Gasteiger partial charge is 0.399 e. The lowest BCUT2D eigenvalue weighted by atomic mass is 10.1. The summed E-state index contributed by atoms with van der Waals surface area (Å²) in [4.78, 5) is 2.64. The van der Waals surface area contributed by atoms with E-state index in [-0.39, 0.29) is 0 Å². The van der Waals surface area contributed by atoms with Crippen LogP contribution in [0.4, 0.5) is 5.69 Å². The van der Waals surface area contributed by atoms with Gasteiger partial charge in [-0.1, -0.05) is 12.1 Å². The second-order valence-corrected chi connectivity index (χ2v) is 6.22. The van der Waals surface area contributed by atoms with Gasteiger partial charge in [-0.15, -0.1) is 0 Å². The number of ether oxygens (including phenoxy) is 1. The molecule has 0 radical (unpaired) electrons. The molecule has 0 spiro atoms. The van der Waals surface area contributed by atoms with Gasteiger partial charge >= 0.3 is 0 Å². The first kappa shape index (κ1) is 13.9. The lowest BCUT2D eigenvalue weighted by molar-refractivity contribution is 0.0979. The van der Waals surface area contributed by atoms with Crippen LogP contribution >= 0.6 is 0 Å². The van der Waals surface area contributed by atoms with Crippen molar-refractivity contribution in [2.45, 2.75) is 57.2 Å². The number of nitrogen functional groups attached to an aromatic ring is 1. The van der Waals surface area contributed by atoms with Crippen LogP contribution in [0, 0.1) is 0 Å². The fraction of sp³-hybridized carbons (Fsp3) is 0.647. The quantitative estimate of drug-likeness (QED) is 0.776. The van der Waals surface area contributed by atoms with Crippen LogP contribution in [-0.4, -0.2) is 30.2 Å². The Morgan fingerprint density at radius 2 is 1.95 bits per heavy atom. The van der Waals surface area contributed by atoms with Crippen molar-refractivity contribution in [2.24, 2.45) is 0 Å². The predicted molar refractivity (Wildman–Crippen MR) is 82.5 cm³/mol. The zero-order valence-corrected chi connectivity index (χ0v) is 12.3. The Labute approximate surface area is 122 Å². The van der Waals surface area contributed by atoms with Gasteiger partial charge in [-0.2, -0.15) is 0 Å². The van der Waals surface area contributed by atoms with Gasteiger partial charge in [-0.3, -0.25) is 4.90 Å². The van der Waals surface area contributed by atoms with E-state index >= 15 is 0 Å². The van der Waals surface area contributed by atoms with Crippen LogP contribution in [0.15, 0.2) is 24.3 Å². The Morgan fingerprint density at radius 3 is 2.60 bits per heavy atom. The summed E-state index contributed by atoms with van der Waals surface area (Å²) in [5.41, 5.74) is 7.98. The monoisotopic (exact) mass is 274 g/mol. The Hall–Kier alpha value is -1.06. The first-order valence-electron chi connectivity index (χ1n) is 8.01. The van der Waals surface area contributed by atoms with Crippen molar-refractivity contribution in [3.63, 3.8) is 0 Å². The van der Waals surface area contributed by atoms with Crippen molar-refractivity contribution in [2.75, 3.05) is 18.9 Å². The van der Waals surface area contributed by atoms with Gasteiger partial charge in [0.1, 0.15) is 0 Å². The van der Waals surface area contributed by atoms with Crippen molar-refractivity contribution >= 4 is 5.69 Å². The molecule has 1 atom stereocenters. The van der Waals surface area contributed by atoms with Crippen molar-refractivity contribution in [1.82, 2.24) is 4.90 Å². The third kappa shape index (κ3) is 3.97. The molecule has 1 aromatic rings. The molecule has 2 fully saturated rings. The minimum atomic E-state index is 0.535. The van der Waals surface area contributed by atoms with E-state index in [4.69, 9.17) is 10.5 Å². The summed E-state index contributed by atoms with van der Waals surface area (Å²) in [6, 6.07) is 9.15. The average Bonchev–Trinajstić information content (AvgIpc) is 3.17. The van der Waals surface area contributed by atoms with Gasteiger partial charge in [0, 0.05) is 24.9 Å². The summed E-state index contributed by atoms with van der Waals surface area (Å²) in [7, 11) is 0. The maximum absolute atomic E-state index is 5.75. The maximum atomic E-state index is 5.75. The van der Waals surface area contributed by atoms with Crippen LogP contribution in [0.5, 0.6) is 0 Å². The average molecular weight is 274 g/mol. The minimum Gasteiger partial charge on any atom is -0.399 e. The molecule has 3 nitrogen and oxygen atoms in total. The number of benzene rings is 1. The van der Waals surface area contributed by atoms with E-state index in [1.165, 1.54) is 50.6 Å². The summed E-state index contributed by atoms with van der Waals surface area (Å²) >= 11 is 0. The second kappa shape index (κ2) is 6.59. The molecular formula is C17H26N2O. The van der Waals surface area contributed by atoms with Gasteiger partial charge in [-0.05, 0) is 62.8 Å². The Bertz CT molecular complexity index is 408. The standard InChI is InChI=1S/C17H26N2O/c18-15-7-5-14(6-8-15)13-19(16-9-10-16)11-1-3-17-4-2-12-20-17/h5-8,16-17H,1-4,9-13,18H2. The molecule has 1 aliphatic carbocycles. The van der Waals surface area contributed by atoms with Crippen LogP contribution in [0.3, 0.4) is 0 Å². The van der Waals surface area contributed by atoms with E-state index < -0.39 is 0 Å². The number of nitrogens with two attached hydrogens (primary N) is 1. The number of rotatable bonds is 7. The SMILES string of the molecule is Nc1ccc(CN(CCCC2CCCO2)C2CC2)cc1. The summed E-state index contributed by atoms with van der Waals surface area (Å²) in [6.07, 6.45) is 8.28. The van der Waals surface area contributed by atoms with Gasteiger partial charge in [0.15, 0.2) is 0 Å². The van der Waals surface area contributed by atoms with Crippen molar-refractivity contribution in [3.05, 3.63) is 29.8 Å². The van der Waals surface area contributed by atoms with E-state index in [2.05, 4.69) is 17.0 Å². The van der Waals surface area contributed by atoms with E-state index in [1.807, 2.05) is 12.1 Å². The van der Waals surface area contributed by atoms with Crippen molar-refractivity contribution in [1.29, 1.82) is 0 Å². The highest BCUT2D eigenvalue weighted by atomic mass is 16.5. The molecule has 3 rings (SSSR count). The molecule has 1 aromatic carbocycles. The summed E-state index contributed by atoms with van der Waals surface area (Å²) in [5.74, 6) is 0. The minimum absolute atomic E-state index is 0.535. The van der Waals surface area contributed by atoms with Crippen LogP contribution in [0.25, 0.3) is 0 Å². The third-order valence-electron chi connectivity index (χ3n) is 4.42. The van der Waals surface area contributed by atoms with E-state index in [9.17, 15) is 0 Å². The molecule has 0 bridgehead atoms. The summed E-state index contributed by atoms with van der Waals surface area (Å²) < 4.78 is 5.71. The Balaban J connectivity index is 1.46. The van der Waals surface area contributed by atoms with Gasteiger partial charge in [-0.25, -0.2) is 0 Å². The molecule has 20 heavy (non-hydrogen) atoms. The fourth-order valence-corrected chi connectivity index (χ4v) is 3.08. The number of hydrogen-bond acceptors (Lipinski definition) is 3. The third-order valence-corrected chi connectivity index (χ3v) is 4.42. The van der Waals surface area contributed by atoms with Crippen LogP contribution < -0.4 is 5.73 Å². The van der Waals surface area contributed by atoms with Gasteiger partial charge in [0.25, 0.3) is 0 Å². The molecule has 1 heterocycles. The highest BCUT2D eigenvalue weighted by Crippen LogP contribution is 2.29. The van der Waals surface area contributed by atoms with Crippen LogP contribution in [0.2, 0.25) is 0 Å². The van der Waals surface area contributed by atoms with E-state index in [0.717, 1.165) is 24.9 Å². The van der Waals surface area contributed by atoms with Gasteiger partial charge in [0.2, 0.25) is 0 Å². The number of nitrogens with zero attached hydrogens (tertiary/aromatic N) is 1. The zero-order valence-electron chi connectivity index (χ0n) is 12.3. The molecule has 1 saturated carbocycles. The molecule has 110 valence electrons. The van der Waals surface area contributed by atoms with Gasteiger partial charge in [0.05, 0.1) is 6.10 Å². The molecule has 2 aliphatic rings. The highest BCUT2D eigenvalue weighted by molar-refractivity contribution is 5.39.